The predicted octanol–water partition coefficient (Wildman–Crippen LogP) is 5.01. The number of rotatable bonds is 6. The Bertz CT molecular complexity index is 1510. The molecule has 9 heteroatoms. The number of carbonyl (C=O) groups excluding carboxylic acids is 1. The lowest BCUT2D eigenvalue weighted by Gasteiger charge is -2.38. The number of sulfonamides is 1. The minimum Gasteiger partial charge on any atom is -0.330 e. The van der Waals surface area contributed by atoms with Crippen molar-refractivity contribution in [2.45, 2.75) is 37.2 Å². The number of hydrogen-bond acceptors (Lipinski definition) is 5. The molecule has 1 aliphatic heterocycles. The second kappa shape index (κ2) is 9.72. The Morgan fingerprint density at radius 1 is 1.14 bits per heavy atom. The van der Waals surface area contributed by atoms with Gasteiger partial charge >= 0.3 is 0 Å². The second-order valence-electron chi connectivity index (χ2n) is 9.07. The van der Waals surface area contributed by atoms with Crippen LogP contribution in [0.3, 0.4) is 0 Å². The number of nitrogens with zero attached hydrogens (tertiary/aromatic N) is 3. The molecule has 0 saturated carbocycles. The third-order valence-electron chi connectivity index (χ3n) is 6.52. The van der Waals surface area contributed by atoms with Gasteiger partial charge in [-0.2, -0.15) is 4.31 Å². The van der Waals surface area contributed by atoms with Crippen molar-refractivity contribution in [3.8, 4) is 0 Å². The van der Waals surface area contributed by atoms with E-state index in [9.17, 15) is 17.6 Å². The second-order valence-corrected chi connectivity index (χ2v) is 11.9. The molecule has 0 fully saturated rings. The molecule has 4 aromatic rings. The van der Waals surface area contributed by atoms with Crippen LogP contribution in [0.1, 0.15) is 35.9 Å². The maximum atomic E-state index is 13.8. The normalized spacial score (nSPS) is 16.0. The van der Waals surface area contributed by atoms with Crippen LogP contribution in [0.4, 0.5) is 4.39 Å². The molecule has 1 atom stereocenters. The number of fused-ring (bicyclic) bond motifs is 2. The van der Waals surface area contributed by atoms with E-state index in [2.05, 4.69) is 4.98 Å². The third kappa shape index (κ3) is 4.42. The van der Waals surface area contributed by atoms with E-state index in [4.69, 9.17) is 0 Å². The van der Waals surface area contributed by atoms with Gasteiger partial charge < -0.3 is 4.90 Å². The lowest BCUT2D eigenvalue weighted by atomic mass is 9.93. The van der Waals surface area contributed by atoms with Gasteiger partial charge in [-0.15, -0.1) is 11.3 Å². The van der Waals surface area contributed by atoms with E-state index < -0.39 is 22.1 Å². The number of aromatic nitrogens is 1. The van der Waals surface area contributed by atoms with Crippen molar-refractivity contribution in [2.24, 2.45) is 0 Å². The highest BCUT2D eigenvalue weighted by Gasteiger charge is 2.37. The van der Waals surface area contributed by atoms with Crippen LogP contribution in [0.15, 0.2) is 77.1 Å². The molecule has 0 spiro atoms. The van der Waals surface area contributed by atoms with E-state index in [-0.39, 0.29) is 23.2 Å². The first kappa shape index (κ1) is 24.5. The molecular weight excluding hydrogens is 497 g/mol. The summed E-state index contributed by atoms with van der Waals surface area (Å²) in [5, 5.41) is 2.71. The molecule has 2 aromatic heterocycles. The van der Waals surface area contributed by atoms with E-state index in [1.807, 2.05) is 23.6 Å². The summed E-state index contributed by atoms with van der Waals surface area (Å²) < 4.78 is 42.5. The van der Waals surface area contributed by atoms with E-state index in [0.717, 1.165) is 11.1 Å². The van der Waals surface area contributed by atoms with Crippen LogP contribution in [0, 0.1) is 5.82 Å². The molecule has 2 aromatic carbocycles. The highest BCUT2D eigenvalue weighted by atomic mass is 32.2. The van der Waals surface area contributed by atoms with E-state index in [1.54, 1.807) is 60.5 Å². The van der Waals surface area contributed by atoms with Crippen LogP contribution in [0.5, 0.6) is 0 Å². The van der Waals surface area contributed by atoms with Gasteiger partial charge in [0.15, 0.2) is 0 Å². The Morgan fingerprint density at radius 3 is 2.64 bits per heavy atom. The van der Waals surface area contributed by atoms with E-state index >= 15 is 0 Å². The summed E-state index contributed by atoms with van der Waals surface area (Å²) in [5.74, 6) is -0.648. The van der Waals surface area contributed by atoms with Gasteiger partial charge in [-0.1, -0.05) is 30.3 Å². The molecule has 36 heavy (non-hydrogen) atoms. The Labute approximate surface area is 214 Å². The lowest BCUT2D eigenvalue weighted by Crippen LogP contribution is -2.48. The Balaban J connectivity index is 1.50. The number of para-hydroxylation sites is 1. The first-order valence-electron chi connectivity index (χ1n) is 11.7. The average molecular weight is 524 g/mol. The number of hydrogen-bond donors (Lipinski definition) is 0. The summed E-state index contributed by atoms with van der Waals surface area (Å²) in [6.07, 6.45) is 2.25. The van der Waals surface area contributed by atoms with Gasteiger partial charge in [0.2, 0.25) is 15.9 Å². The van der Waals surface area contributed by atoms with Gasteiger partial charge in [0.25, 0.3) is 0 Å². The molecule has 1 unspecified atom stereocenters. The van der Waals surface area contributed by atoms with Crippen LogP contribution < -0.4 is 0 Å². The zero-order chi connectivity index (χ0) is 25.4. The van der Waals surface area contributed by atoms with Gasteiger partial charge in [-0.05, 0) is 67.1 Å². The van der Waals surface area contributed by atoms with Crippen LogP contribution in [0.25, 0.3) is 10.9 Å². The lowest BCUT2D eigenvalue weighted by molar-refractivity contribution is -0.133. The van der Waals surface area contributed by atoms with Crippen molar-refractivity contribution >= 4 is 38.2 Å². The predicted molar refractivity (Wildman–Crippen MR) is 139 cm³/mol. The molecular formula is C27H26FN3O3S2. The fraction of sp³-hybridized carbons (Fsp3) is 0.259. The molecule has 0 saturated heterocycles. The van der Waals surface area contributed by atoms with Crippen LogP contribution in [-0.4, -0.2) is 47.6 Å². The molecule has 0 bridgehead atoms. The number of halogens is 1. The fourth-order valence-electron chi connectivity index (χ4n) is 4.77. The Hall–Kier alpha value is -3.14. The fourth-order valence-corrected chi connectivity index (χ4v) is 7.43. The topological polar surface area (TPSA) is 70.6 Å². The van der Waals surface area contributed by atoms with Crippen molar-refractivity contribution in [2.75, 3.05) is 13.1 Å². The average Bonchev–Trinajstić information content (AvgIpc) is 3.35. The first-order chi connectivity index (χ1) is 17.3. The highest BCUT2D eigenvalue weighted by Crippen LogP contribution is 2.38. The van der Waals surface area contributed by atoms with E-state index in [1.165, 1.54) is 27.4 Å². The zero-order valence-corrected chi connectivity index (χ0v) is 21.6. The monoisotopic (exact) mass is 523 g/mol. The van der Waals surface area contributed by atoms with E-state index in [0.29, 0.717) is 23.9 Å². The van der Waals surface area contributed by atoms with Gasteiger partial charge in [0, 0.05) is 29.0 Å². The van der Waals surface area contributed by atoms with Crippen LogP contribution in [-0.2, 0) is 21.2 Å². The summed E-state index contributed by atoms with van der Waals surface area (Å²) >= 11 is 1.64. The van der Waals surface area contributed by atoms with Crippen molar-refractivity contribution in [3.63, 3.8) is 0 Å². The molecule has 1 amide bonds. The van der Waals surface area contributed by atoms with Crippen molar-refractivity contribution in [3.05, 3.63) is 94.1 Å². The SMILES string of the molecule is CC(C)N(CC(=O)N1CCc2sccc2C1c1ccc(F)cc1)S(=O)(=O)c1cccc2cccnc12. The van der Waals surface area contributed by atoms with Crippen LogP contribution in [0.2, 0.25) is 0 Å². The number of thiophene rings is 1. The highest BCUT2D eigenvalue weighted by molar-refractivity contribution is 7.89. The molecule has 0 N–H and O–H groups in total. The Morgan fingerprint density at radius 2 is 1.89 bits per heavy atom. The molecule has 1 aliphatic rings. The minimum atomic E-state index is -4.02. The van der Waals surface area contributed by atoms with Crippen molar-refractivity contribution in [1.82, 2.24) is 14.2 Å². The van der Waals surface area contributed by atoms with Crippen molar-refractivity contribution in [1.29, 1.82) is 0 Å². The number of amides is 1. The quantitative estimate of drug-likeness (QED) is 0.356. The minimum absolute atomic E-state index is 0.0796. The smallest absolute Gasteiger partial charge is 0.245 e. The summed E-state index contributed by atoms with van der Waals surface area (Å²) in [5.41, 5.74) is 2.17. The third-order valence-corrected chi connectivity index (χ3v) is 9.57. The number of benzene rings is 2. The largest absolute Gasteiger partial charge is 0.330 e. The summed E-state index contributed by atoms with van der Waals surface area (Å²) in [6.45, 7) is 3.67. The van der Waals surface area contributed by atoms with Gasteiger partial charge in [0.05, 0.1) is 18.1 Å². The number of pyridine rings is 1. The van der Waals surface area contributed by atoms with Gasteiger partial charge in [-0.3, -0.25) is 9.78 Å². The molecule has 0 radical (unpaired) electrons. The summed E-state index contributed by atoms with van der Waals surface area (Å²) in [7, 11) is -4.02. The van der Waals surface area contributed by atoms with Crippen molar-refractivity contribution < 1.29 is 17.6 Å². The molecule has 186 valence electrons. The molecule has 0 aliphatic carbocycles. The van der Waals surface area contributed by atoms with Gasteiger partial charge in [-0.25, -0.2) is 12.8 Å². The summed E-state index contributed by atoms with van der Waals surface area (Å²) in [6, 6.07) is 15.9. The first-order valence-corrected chi connectivity index (χ1v) is 14.1. The summed E-state index contributed by atoms with van der Waals surface area (Å²) in [4.78, 5) is 21.1. The van der Waals surface area contributed by atoms with Gasteiger partial charge in [0.1, 0.15) is 10.7 Å². The molecule has 6 nitrogen and oxygen atoms in total. The maximum absolute atomic E-state index is 13.8. The zero-order valence-electron chi connectivity index (χ0n) is 20.0. The standard InChI is InChI=1S/C27H26FN3O3S2/c1-18(2)31(36(33,34)24-7-3-5-19-6-4-14-29-26(19)24)17-25(32)30-15-12-23-22(13-16-35-23)27(30)20-8-10-21(28)11-9-20/h3-11,13-14,16,18,27H,12,15,17H2,1-2H3. The molecule has 5 rings (SSSR count). The Kier molecular flexibility index (Phi) is 6.63. The van der Waals surface area contributed by atoms with Crippen LogP contribution >= 0.6 is 11.3 Å². The number of carbonyl (C=O) groups is 1. The molecule has 3 heterocycles. The maximum Gasteiger partial charge on any atom is 0.245 e.